The molecule has 0 spiro atoms. The van der Waals surface area contributed by atoms with Crippen LogP contribution in [0.4, 0.5) is 11.4 Å². The van der Waals surface area contributed by atoms with Crippen molar-refractivity contribution >= 4 is 46.8 Å². The van der Waals surface area contributed by atoms with Crippen LogP contribution in [-0.2, 0) is 14.4 Å². The number of hydrogen-bond acceptors (Lipinski definition) is 6. The van der Waals surface area contributed by atoms with Crippen LogP contribution in [0.3, 0.4) is 0 Å². The highest BCUT2D eigenvalue weighted by atomic mass is 35.5. The summed E-state index contributed by atoms with van der Waals surface area (Å²) >= 11 is 6.04. The van der Waals surface area contributed by atoms with Gasteiger partial charge in [-0.1, -0.05) is 29.8 Å². The van der Waals surface area contributed by atoms with Gasteiger partial charge in [-0.3, -0.25) is 29.9 Å². The smallest absolute Gasteiger partial charge is 0.313 e. The second-order valence-corrected chi connectivity index (χ2v) is 6.25. The number of para-hydroxylation sites is 1. The number of hydrazine groups is 1. The van der Waals surface area contributed by atoms with Gasteiger partial charge in [-0.25, -0.2) is 5.01 Å². The van der Waals surface area contributed by atoms with E-state index in [-0.39, 0.29) is 21.9 Å². The van der Waals surface area contributed by atoms with E-state index in [9.17, 15) is 24.5 Å². The van der Waals surface area contributed by atoms with E-state index in [1.807, 2.05) is 0 Å². The van der Waals surface area contributed by atoms with Crippen molar-refractivity contribution in [2.75, 3.05) is 11.6 Å². The molecular weight excluding hydrogens is 404 g/mol. The first-order chi connectivity index (χ1) is 13.8. The highest BCUT2D eigenvalue weighted by molar-refractivity contribution is 6.33. The van der Waals surface area contributed by atoms with Gasteiger partial charge in [0.2, 0.25) is 5.75 Å². The Bertz CT molecular complexity index is 1050. The van der Waals surface area contributed by atoms with Crippen LogP contribution in [0.1, 0.15) is 5.56 Å². The molecule has 0 unspecified atom stereocenters. The Morgan fingerprint density at radius 3 is 2.59 bits per heavy atom. The number of rotatable bonds is 6. The third-order valence-corrected chi connectivity index (χ3v) is 4.10. The highest BCUT2D eigenvalue weighted by Crippen LogP contribution is 2.37. The zero-order valence-corrected chi connectivity index (χ0v) is 15.4. The Labute approximate surface area is 168 Å². The molecule has 2 aromatic rings. The Balaban J connectivity index is 1.97. The molecule has 11 heteroatoms. The molecular formula is C18H13ClN4O6. The molecule has 0 bridgehead atoms. The molecule has 0 aromatic heterocycles. The van der Waals surface area contributed by atoms with Crippen LogP contribution < -0.4 is 20.9 Å². The van der Waals surface area contributed by atoms with Crippen LogP contribution in [0.15, 0.2) is 48.0 Å². The number of amides is 3. The lowest BCUT2D eigenvalue weighted by Crippen LogP contribution is -2.35. The lowest BCUT2D eigenvalue weighted by molar-refractivity contribution is -0.385. The predicted molar refractivity (Wildman–Crippen MR) is 103 cm³/mol. The number of ether oxygens (including phenoxy) is 1. The number of nitro groups is 1. The zero-order chi connectivity index (χ0) is 21.1. The summed E-state index contributed by atoms with van der Waals surface area (Å²) in [7, 11) is 0. The number of hydrogen-bond donors (Lipinski definition) is 2. The number of carbonyl (C=O) groups excluding carboxylic acids is 3. The minimum absolute atomic E-state index is 0.126. The molecule has 29 heavy (non-hydrogen) atoms. The molecule has 2 aromatic carbocycles. The fourth-order valence-corrected chi connectivity index (χ4v) is 2.86. The van der Waals surface area contributed by atoms with Gasteiger partial charge in [0.25, 0.3) is 17.7 Å². The molecule has 0 radical (unpaired) electrons. The average molecular weight is 417 g/mol. The normalized spacial score (nSPS) is 14.8. The molecule has 1 aliphatic rings. The predicted octanol–water partition coefficient (Wildman–Crippen LogP) is 1.57. The molecule has 1 heterocycles. The van der Waals surface area contributed by atoms with E-state index < -0.39 is 34.9 Å². The number of halogens is 1. The van der Waals surface area contributed by atoms with Gasteiger partial charge in [0.05, 0.1) is 15.6 Å². The Morgan fingerprint density at radius 2 is 1.97 bits per heavy atom. The highest BCUT2D eigenvalue weighted by Gasteiger charge is 2.34. The summed E-state index contributed by atoms with van der Waals surface area (Å²) in [6.45, 7) is -0.603. The van der Waals surface area contributed by atoms with Gasteiger partial charge in [-0.15, -0.1) is 0 Å². The largest absolute Gasteiger partial charge is 0.476 e. The summed E-state index contributed by atoms with van der Waals surface area (Å²) in [5.74, 6) is -2.48. The summed E-state index contributed by atoms with van der Waals surface area (Å²) in [5.41, 5.74) is 7.20. The van der Waals surface area contributed by atoms with Gasteiger partial charge in [0.15, 0.2) is 6.61 Å². The molecule has 0 saturated carbocycles. The number of benzene rings is 2. The minimum Gasteiger partial charge on any atom is -0.476 e. The molecule has 3 amide bonds. The topological polar surface area (TPSA) is 145 Å². The second-order valence-electron chi connectivity index (χ2n) is 5.84. The summed E-state index contributed by atoms with van der Waals surface area (Å²) in [6, 6.07) is 10.8. The van der Waals surface area contributed by atoms with Gasteiger partial charge < -0.3 is 10.5 Å². The molecule has 1 aliphatic heterocycles. The van der Waals surface area contributed by atoms with Crippen molar-refractivity contribution in [3.63, 3.8) is 0 Å². The van der Waals surface area contributed by atoms with Gasteiger partial charge in [-0.05, 0) is 29.8 Å². The Kier molecular flexibility index (Phi) is 5.46. The Hall–Kier alpha value is -3.92. The van der Waals surface area contributed by atoms with Crippen molar-refractivity contribution in [3.8, 4) is 5.75 Å². The lowest BCUT2D eigenvalue weighted by atomic mass is 10.1. The van der Waals surface area contributed by atoms with E-state index in [4.69, 9.17) is 22.1 Å². The first-order valence-electron chi connectivity index (χ1n) is 8.09. The van der Waals surface area contributed by atoms with Crippen molar-refractivity contribution in [1.82, 2.24) is 5.43 Å². The molecule has 1 saturated heterocycles. The van der Waals surface area contributed by atoms with E-state index in [1.165, 1.54) is 12.1 Å². The molecule has 0 atom stereocenters. The number of nitrogens with zero attached hydrogens (tertiary/aromatic N) is 2. The quantitative estimate of drug-likeness (QED) is 0.316. The van der Waals surface area contributed by atoms with Crippen LogP contribution in [-0.4, -0.2) is 29.3 Å². The third-order valence-electron chi connectivity index (χ3n) is 3.82. The van der Waals surface area contributed by atoms with Crippen LogP contribution >= 0.6 is 11.6 Å². The number of primary amides is 1. The first kappa shape index (κ1) is 19.8. The maximum absolute atomic E-state index is 12.6. The van der Waals surface area contributed by atoms with E-state index in [0.29, 0.717) is 5.69 Å². The molecule has 0 aliphatic carbocycles. The number of carbonyl (C=O) groups is 3. The van der Waals surface area contributed by atoms with E-state index >= 15 is 0 Å². The number of nitro benzene ring substituents is 1. The van der Waals surface area contributed by atoms with Crippen molar-refractivity contribution in [2.24, 2.45) is 5.73 Å². The van der Waals surface area contributed by atoms with Gasteiger partial charge in [-0.2, -0.15) is 0 Å². The van der Waals surface area contributed by atoms with Crippen molar-refractivity contribution in [2.45, 2.75) is 0 Å². The minimum atomic E-state index is -0.837. The van der Waals surface area contributed by atoms with E-state index in [2.05, 4.69) is 5.43 Å². The fraction of sp³-hybridized carbons (Fsp3) is 0.0556. The third kappa shape index (κ3) is 4.17. The maximum atomic E-state index is 12.6. The van der Waals surface area contributed by atoms with Crippen LogP contribution in [0.2, 0.25) is 5.02 Å². The SMILES string of the molecule is NC(=O)COc1c(Cl)cc(/C=C2/C(=O)NN(c3ccccc3)C2=O)cc1[N+](=O)[O-]. The summed E-state index contributed by atoms with van der Waals surface area (Å²) in [5, 5.41) is 12.2. The van der Waals surface area contributed by atoms with Crippen molar-refractivity contribution < 1.29 is 24.0 Å². The summed E-state index contributed by atoms with van der Waals surface area (Å²) < 4.78 is 5.01. The van der Waals surface area contributed by atoms with Crippen LogP contribution in [0.25, 0.3) is 6.08 Å². The number of anilines is 1. The monoisotopic (exact) mass is 416 g/mol. The van der Waals surface area contributed by atoms with E-state index in [0.717, 1.165) is 11.1 Å². The maximum Gasteiger partial charge on any atom is 0.313 e. The fourth-order valence-electron chi connectivity index (χ4n) is 2.59. The summed E-state index contributed by atoms with van der Waals surface area (Å²) in [4.78, 5) is 46.3. The Morgan fingerprint density at radius 1 is 1.28 bits per heavy atom. The lowest BCUT2D eigenvalue weighted by Gasteiger charge is -2.13. The average Bonchev–Trinajstić information content (AvgIpc) is 2.95. The van der Waals surface area contributed by atoms with Crippen molar-refractivity contribution in [3.05, 3.63) is 68.7 Å². The number of nitrogens with two attached hydrogens (primary N) is 1. The molecule has 148 valence electrons. The molecule has 10 nitrogen and oxygen atoms in total. The van der Waals surface area contributed by atoms with Crippen molar-refractivity contribution in [1.29, 1.82) is 0 Å². The standard InChI is InChI=1S/C18H13ClN4O6/c19-13-7-10(8-14(23(27)28)16(13)29-9-15(20)24)6-12-17(25)21-22(18(12)26)11-4-2-1-3-5-11/h1-8H,9H2,(H2,20,24)(H,21,25)/b12-6-. The number of nitrogens with one attached hydrogen (secondary N) is 1. The van der Waals surface area contributed by atoms with Crippen LogP contribution in [0, 0.1) is 10.1 Å². The zero-order valence-electron chi connectivity index (χ0n) is 14.6. The van der Waals surface area contributed by atoms with Gasteiger partial charge in [0, 0.05) is 6.07 Å². The molecule has 1 fully saturated rings. The van der Waals surface area contributed by atoms with Gasteiger partial charge >= 0.3 is 5.69 Å². The van der Waals surface area contributed by atoms with Gasteiger partial charge in [0.1, 0.15) is 5.57 Å². The van der Waals surface area contributed by atoms with E-state index in [1.54, 1.807) is 30.3 Å². The second kappa shape index (κ2) is 7.98. The molecule has 3 N–H and O–H groups in total. The molecule has 3 rings (SSSR count). The summed E-state index contributed by atoms with van der Waals surface area (Å²) in [6.07, 6.45) is 1.18. The van der Waals surface area contributed by atoms with Crippen LogP contribution in [0.5, 0.6) is 5.75 Å². The first-order valence-corrected chi connectivity index (χ1v) is 8.47.